The van der Waals surface area contributed by atoms with Crippen molar-refractivity contribution < 1.29 is 17.9 Å². The van der Waals surface area contributed by atoms with Gasteiger partial charge in [0, 0.05) is 0 Å². The Hall–Kier alpha value is -1.76. The van der Waals surface area contributed by atoms with Crippen molar-refractivity contribution >= 4 is 44.9 Å². The average Bonchev–Trinajstić information content (AvgIpc) is 2.51. The van der Waals surface area contributed by atoms with Crippen LogP contribution in [-0.2, 0) is 20.5 Å². The van der Waals surface area contributed by atoms with E-state index in [2.05, 4.69) is 9.46 Å². The summed E-state index contributed by atoms with van der Waals surface area (Å²) >= 11 is 11.8. The Labute approximate surface area is 144 Å². The Bertz CT molecular complexity index is 820. The fourth-order valence-corrected chi connectivity index (χ4v) is 3.47. The van der Waals surface area contributed by atoms with Gasteiger partial charge in [0.1, 0.15) is 0 Å². The van der Waals surface area contributed by atoms with Gasteiger partial charge in [-0.25, -0.2) is 13.2 Å². The van der Waals surface area contributed by atoms with Gasteiger partial charge < -0.3 is 4.74 Å². The number of benzene rings is 2. The number of nitrogens with one attached hydrogen (secondary N) is 1. The number of methoxy groups -OCH3 is 1. The molecule has 0 saturated carbocycles. The van der Waals surface area contributed by atoms with Crippen molar-refractivity contribution in [3.63, 3.8) is 0 Å². The van der Waals surface area contributed by atoms with Crippen LogP contribution >= 0.6 is 23.2 Å². The maximum absolute atomic E-state index is 12.2. The molecule has 2 rings (SSSR count). The number of rotatable bonds is 5. The van der Waals surface area contributed by atoms with Crippen LogP contribution in [0.15, 0.2) is 42.5 Å². The summed E-state index contributed by atoms with van der Waals surface area (Å²) in [7, 11) is -2.40. The predicted molar refractivity (Wildman–Crippen MR) is 90.5 cm³/mol. The number of carbonyl (C=O) groups is 1. The normalized spacial score (nSPS) is 11.1. The lowest BCUT2D eigenvalue weighted by atomic mass is 10.1. The van der Waals surface area contributed by atoms with Crippen LogP contribution in [0.2, 0.25) is 10.0 Å². The number of anilines is 1. The van der Waals surface area contributed by atoms with Crippen LogP contribution in [0.4, 0.5) is 5.69 Å². The fraction of sp³-hybridized carbons (Fsp3) is 0.133. The molecule has 0 spiro atoms. The Kier molecular flexibility index (Phi) is 5.51. The van der Waals surface area contributed by atoms with Gasteiger partial charge in [-0.2, -0.15) is 0 Å². The first-order valence-electron chi connectivity index (χ1n) is 6.44. The second-order valence-corrected chi connectivity index (χ2v) is 7.16. The molecule has 1 N–H and O–H groups in total. The van der Waals surface area contributed by atoms with E-state index in [0.29, 0.717) is 11.1 Å². The highest BCUT2D eigenvalue weighted by Gasteiger charge is 2.15. The van der Waals surface area contributed by atoms with E-state index >= 15 is 0 Å². The van der Waals surface area contributed by atoms with E-state index in [0.717, 1.165) is 0 Å². The van der Waals surface area contributed by atoms with Gasteiger partial charge in [-0.15, -0.1) is 0 Å². The number of hydrogen-bond donors (Lipinski definition) is 1. The van der Waals surface area contributed by atoms with E-state index in [1.165, 1.54) is 25.3 Å². The molecule has 0 aliphatic heterocycles. The molecule has 0 aromatic heterocycles. The van der Waals surface area contributed by atoms with Gasteiger partial charge in [-0.3, -0.25) is 4.72 Å². The van der Waals surface area contributed by atoms with E-state index in [-0.39, 0.29) is 21.5 Å². The van der Waals surface area contributed by atoms with Crippen LogP contribution in [0.1, 0.15) is 15.9 Å². The highest BCUT2D eigenvalue weighted by molar-refractivity contribution is 7.91. The summed E-state index contributed by atoms with van der Waals surface area (Å²) in [5, 5.41) is 0.396. The molecule has 0 radical (unpaired) electrons. The van der Waals surface area contributed by atoms with Crippen molar-refractivity contribution in [1.82, 2.24) is 0 Å². The van der Waals surface area contributed by atoms with Crippen LogP contribution in [0.3, 0.4) is 0 Å². The van der Waals surface area contributed by atoms with Gasteiger partial charge >= 0.3 is 5.97 Å². The van der Waals surface area contributed by atoms with Gasteiger partial charge in [0.25, 0.3) is 0 Å². The quantitative estimate of drug-likeness (QED) is 0.810. The molecule has 0 bridgehead atoms. The summed E-state index contributed by atoms with van der Waals surface area (Å²) in [5.41, 5.74) is 1.08. The number of halogens is 2. The van der Waals surface area contributed by atoms with E-state index in [1.807, 2.05) is 0 Å². The summed E-state index contributed by atoms with van der Waals surface area (Å²) < 4.78 is 31.4. The first-order chi connectivity index (χ1) is 10.8. The summed E-state index contributed by atoms with van der Waals surface area (Å²) in [6.45, 7) is 0. The Balaban J connectivity index is 2.15. The van der Waals surface area contributed by atoms with Crippen molar-refractivity contribution in [3.05, 3.63) is 63.6 Å². The zero-order valence-corrected chi connectivity index (χ0v) is 14.4. The van der Waals surface area contributed by atoms with Crippen LogP contribution in [0.5, 0.6) is 0 Å². The van der Waals surface area contributed by atoms with Gasteiger partial charge in [0.15, 0.2) is 0 Å². The van der Waals surface area contributed by atoms with Crippen molar-refractivity contribution in [3.8, 4) is 0 Å². The summed E-state index contributed by atoms with van der Waals surface area (Å²) in [4.78, 5) is 11.3. The van der Waals surface area contributed by atoms with Gasteiger partial charge in [-0.1, -0.05) is 41.4 Å². The first kappa shape index (κ1) is 17.6. The highest BCUT2D eigenvalue weighted by Crippen LogP contribution is 2.30. The summed E-state index contributed by atoms with van der Waals surface area (Å²) in [5.74, 6) is -0.750. The molecule has 23 heavy (non-hydrogen) atoms. The Morgan fingerprint density at radius 1 is 1.13 bits per heavy atom. The molecule has 5 nitrogen and oxygen atoms in total. The molecule has 0 aliphatic carbocycles. The van der Waals surface area contributed by atoms with Gasteiger partial charge in [0.2, 0.25) is 10.0 Å². The fourth-order valence-electron chi connectivity index (χ4n) is 1.86. The third-order valence-corrected chi connectivity index (χ3v) is 5.01. The van der Waals surface area contributed by atoms with E-state index in [1.54, 1.807) is 24.3 Å². The Morgan fingerprint density at radius 3 is 2.39 bits per heavy atom. The molecule has 0 saturated heterocycles. The van der Waals surface area contributed by atoms with Crippen LogP contribution in [-0.4, -0.2) is 21.5 Å². The number of sulfonamides is 1. The van der Waals surface area contributed by atoms with Crippen molar-refractivity contribution in [2.24, 2.45) is 0 Å². The lowest BCUT2D eigenvalue weighted by Crippen LogP contribution is -2.15. The molecule has 8 heteroatoms. The highest BCUT2D eigenvalue weighted by atomic mass is 35.5. The zero-order valence-electron chi connectivity index (χ0n) is 12.0. The average molecular weight is 374 g/mol. The van der Waals surface area contributed by atoms with Gasteiger partial charge in [-0.05, 0) is 29.8 Å². The van der Waals surface area contributed by atoms with Crippen LogP contribution in [0.25, 0.3) is 0 Å². The second-order valence-electron chi connectivity index (χ2n) is 4.65. The summed E-state index contributed by atoms with van der Waals surface area (Å²) in [6, 6.07) is 10.8. The molecule has 0 unspecified atom stereocenters. The molecule has 2 aromatic rings. The Morgan fingerprint density at radius 2 is 1.78 bits per heavy atom. The minimum atomic E-state index is -3.67. The molecule has 0 amide bonds. The van der Waals surface area contributed by atoms with E-state index < -0.39 is 16.0 Å². The molecule has 0 atom stereocenters. The number of carbonyl (C=O) groups excluding carboxylic acids is 1. The van der Waals surface area contributed by atoms with Crippen molar-refractivity contribution in [2.45, 2.75) is 5.75 Å². The number of ether oxygens (including phenoxy) is 1. The third kappa shape index (κ3) is 4.60. The predicted octanol–water partition coefficient (Wildman–Crippen LogP) is 3.72. The van der Waals surface area contributed by atoms with E-state index in [9.17, 15) is 13.2 Å². The number of esters is 1. The molecule has 122 valence electrons. The lowest BCUT2D eigenvalue weighted by molar-refractivity contribution is 0.0600. The standard InChI is InChI=1S/C15H13Cl2NO4S/c1-22-15(19)11-7-5-10(6-8-11)9-23(20,21)18-13-4-2-3-12(16)14(13)17/h2-8,18H,9H2,1H3. The first-order valence-corrected chi connectivity index (χ1v) is 8.85. The SMILES string of the molecule is COC(=O)c1ccc(CS(=O)(=O)Nc2cccc(Cl)c2Cl)cc1. The van der Waals surface area contributed by atoms with Crippen LogP contribution < -0.4 is 4.72 Å². The van der Waals surface area contributed by atoms with Gasteiger partial charge in [0.05, 0.1) is 34.2 Å². The molecular weight excluding hydrogens is 361 g/mol. The number of hydrogen-bond acceptors (Lipinski definition) is 4. The minimum absolute atomic E-state index is 0.138. The topological polar surface area (TPSA) is 72.5 Å². The van der Waals surface area contributed by atoms with Crippen molar-refractivity contribution in [2.75, 3.05) is 11.8 Å². The van der Waals surface area contributed by atoms with Crippen molar-refractivity contribution in [1.29, 1.82) is 0 Å². The zero-order chi connectivity index (χ0) is 17.0. The maximum atomic E-state index is 12.2. The summed E-state index contributed by atoms with van der Waals surface area (Å²) in [6.07, 6.45) is 0. The molecule has 0 aliphatic rings. The third-order valence-electron chi connectivity index (χ3n) is 2.95. The molecular formula is C15H13Cl2NO4S. The molecule has 0 fully saturated rings. The maximum Gasteiger partial charge on any atom is 0.337 e. The minimum Gasteiger partial charge on any atom is -0.465 e. The van der Waals surface area contributed by atoms with E-state index in [4.69, 9.17) is 23.2 Å². The molecule has 2 aromatic carbocycles. The monoisotopic (exact) mass is 373 g/mol. The van der Waals surface area contributed by atoms with Crippen LogP contribution in [0, 0.1) is 0 Å². The lowest BCUT2D eigenvalue weighted by Gasteiger charge is -2.10. The largest absolute Gasteiger partial charge is 0.465 e. The second kappa shape index (κ2) is 7.21. The molecule has 0 heterocycles. The smallest absolute Gasteiger partial charge is 0.337 e.